The Morgan fingerprint density at radius 3 is 2.59 bits per heavy atom. The highest BCUT2D eigenvalue weighted by Gasteiger charge is 2.50. The summed E-state index contributed by atoms with van der Waals surface area (Å²) in [5.74, 6) is -1.77. The van der Waals surface area contributed by atoms with E-state index in [1.165, 1.54) is 41.8 Å². The normalized spacial score (nSPS) is 21.7. The lowest BCUT2D eigenvalue weighted by molar-refractivity contribution is -0.147. The van der Waals surface area contributed by atoms with Gasteiger partial charge in [-0.15, -0.1) is 11.8 Å². The van der Waals surface area contributed by atoms with Crippen LogP contribution in [0.1, 0.15) is 54.6 Å². The molecule has 1 fully saturated rings. The lowest BCUT2D eigenvalue weighted by atomic mass is 9.96. The fourth-order valence-corrected chi connectivity index (χ4v) is 6.30. The minimum atomic E-state index is -1.62. The fraction of sp³-hybridized carbons (Fsp3) is 0.433. The van der Waals surface area contributed by atoms with E-state index in [2.05, 4.69) is 10.6 Å². The van der Waals surface area contributed by atoms with Crippen molar-refractivity contribution in [3.63, 3.8) is 0 Å². The lowest BCUT2D eigenvalue weighted by Crippen LogP contribution is -2.59. The minimum Gasteiger partial charge on any atom is -0.381 e. The predicted molar refractivity (Wildman–Crippen MR) is 151 cm³/mol. The zero-order valence-electron chi connectivity index (χ0n) is 22.5. The molecule has 3 N–H and O–H groups in total. The van der Waals surface area contributed by atoms with Gasteiger partial charge in [0.25, 0.3) is 11.8 Å². The van der Waals surface area contributed by atoms with Crippen LogP contribution in [0, 0.1) is 12.7 Å². The number of allylic oxidation sites excluding steroid dienone is 1. The number of halogens is 1. The first-order valence-corrected chi connectivity index (χ1v) is 14.3. The van der Waals surface area contributed by atoms with Crippen molar-refractivity contribution in [1.82, 2.24) is 15.5 Å². The lowest BCUT2D eigenvalue weighted by Gasteiger charge is -2.34. The third kappa shape index (κ3) is 6.70. The Kier molecular flexibility index (Phi) is 9.12. The Balaban J connectivity index is 1.57. The maximum Gasteiger partial charge on any atom is 0.254 e. The van der Waals surface area contributed by atoms with Crippen molar-refractivity contribution >= 4 is 29.5 Å². The summed E-state index contributed by atoms with van der Waals surface area (Å²) >= 11 is 1.47. The van der Waals surface area contributed by atoms with E-state index in [1.807, 2.05) is 56.3 Å². The van der Waals surface area contributed by atoms with Crippen LogP contribution < -0.4 is 10.6 Å². The second-order valence-corrected chi connectivity index (χ2v) is 12.3. The average molecular weight is 554 g/mol. The molecule has 0 radical (unpaired) electrons. The molecule has 2 aliphatic rings. The Morgan fingerprint density at radius 1 is 1.15 bits per heavy atom. The molecule has 1 saturated heterocycles. The van der Waals surface area contributed by atoms with E-state index in [4.69, 9.17) is 0 Å². The van der Waals surface area contributed by atoms with Crippen LogP contribution in [0.25, 0.3) is 0 Å². The van der Waals surface area contributed by atoms with Crippen molar-refractivity contribution in [2.45, 2.75) is 75.4 Å². The Hall–Kier alpha value is -3.17. The van der Waals surface area contributed by atoms with Gasteiger partial charge in [-0.05, 0) is 69.7 Å². The second-order valence-electron chi connectivity index (χ2n) is 10.7. The van der Waals surface area contributed by atoms with E-state index >= 15 is 0 Å². The van der Waals surface area contributed by atoms with Crippen molar-refractivity contribution in [2.75, 3.05) is 5.88 Å². The molecule has 1 aliphatic carbocycles. The van der Waals surface area contributed by atoms with E-state index < -0.39 is 40.6 Å². The summed E-state index contributed by atoms with van der Waals surface area (Å²) in [5, 5.41) is 17.2. The number of carbonyl (C=O) groups is 3. The number of carbonyl (C=O) groups excluding carboxylic acids is 3. The quantitative estimate of drug-likeness (QED) is 0.433. The zero-order chi connectivity index (χ0) is 28.2. The number of nitrogens with one attached hydrogen (secondary N) is 2. The van der Waals surface area contributed by atoms with Crippen LogP contribution in [0.4, 0.5) is 4.39 Å². The van der Waals surface area contributed by atoms with Crippen molar-refractivity contribution in [2.24, 2.45) is 0 Å². The monoisotopic (exact) mass is 553 g/mol. The molecule has 0 saturated carbocycles. The maximum atomic E-state index is 14.1. The summed E-state index contributed by atoms with van der Waals surface area (Å²) < 4.78 is 13.6. The van der Waals surface area contributed by atoms with Gasteiger partial charge in [0.1, 0.15) is 11.9 Å². The van der Waals surface area contributed by atoms with E-state index in [-0.39, 0.29) is 35.4 Å². The van der Waals surface area contributed by atoms with Gasteiger partial charge >= 0.3 is 0 Å². The molecule has 4 rings (SSSR count). The van der Waals surface area contributed by atoms with Crippen LogP contribution in [0.2, 0.25) is 0 Å². The van der Waals surface area contributed by atoms with E-state index in [1.54, 1.807) is 0 Å². The van der Waals surface area contributed by atoms with E-state index in [0.29, 0.717) is 0 Å². The molecule has 4 atom stereocenters. The number of rotatable bonds is 8. The third-order valence-corrected chi connectivity index (χ3v) is 8.80. The zero-order valence-corrected chi connectivity index (χ0v) is 23.3. The van der Waals surface area contributed by atoms with Gasteiger partial charge in [0.05, 0.1) is 11.9 Å². The molecule has 9 heteroatoms. The summed E-state index contributed by atoms with van der Waals surface area (Å²) in [6, 6.07) is 11.5. The van der Waals surface area contributed by atoms with Crippen molar-refractivity contribution in [1.29, 1.82) is 0 Å². The van der Waals surface area contributed by atoms with Crippen LogP contribution >= 0.6 is 11.8 Å². The molecule has 2 aromatic carbocycles. The maximum absolute atomic E-state index is 14.1. The van der Waals surface area contributed by atoms with Crippen LogP contribution in [0.3, 0.4) is 0 Å². The van der Waals surface area contributed by atoms with Crippen LogP contribution in [-0.2, 0) is 16.0 Å². The van der Waals surface area contributed by atoms with E-state index in [0.717, 1.165) is 24.8 Å². The van der Waals surface area contributed by atoms with Gasteiger partial charge in [0, 0.05) is 16.4 Å². The van der Waals surface area contributed by atoms with Crippen LogP contribution in [0.15, 0.2) is 60.7 Å². The topological polar surface area (TPSA) is 98.7 Å². The molecular formula is C30H36FN3O4S. The van der Waals surface area contributed by atoms with Gasteiger partial charge in [-0.2, -0.15) is 0 Å². The first kappa shape index (κ1) is 28.8. The molecule has 2 aromatic rings. The van der Waals surface area contributed by atoms with Gasteiger partial charge in [-0.25, -0.2) is 4.39 Å². The molecule has 1 heterocycles. The predicted octanol–water partition coefficient (Wildman–Crippen LogP) is 3.74. The molecular weight excluding hydrogens is 517 g/mol. The highest BCUT2D eigenvalue weighted by Crippen LogP contribution is 2.40. The summed E-state index contributed by atoms with van der Waals surface area (Å²) in [6.45, 7) is 5.33. The molecule has 3 amide bonds. The van der Waals surface area contributed by atoms with Gasteiger partial charge in [0.15, 0.2) is 6.10 Å². The number of amides is 3. The van der Waals surface area contributed by atoms with Gasteiger partial charge in [0.2, 0.25) is 5.91 Å². The number of aliphatic hydroxyl groups is 1. The summed E-state index contributed by atoms with van der Waals surface area (Å²) in [4.78, 5) is 41.8. The van der Waals surface area contributed by atoms with Gasteiger partial charge in [-0.3, -0.25) is 14.4 Å². The van der Waals surface area contributed by atoms with Gasteiger partial charge < -0.3 is 20.6 Å². The summed E-state index contributed by atoms with van der Waals surface area (Å²) in [6.07, 6.45) is 5.38. The second kappa shape index (κ2) is 12.3. The van der Waals surface area contributed by atoms with Gasteiger partial charge in [-0.1, -0.05) is 48.6 Å². The molecule has 208 valence electrons. The average Bonchev–Trinajstić information content (AvgIpc) is 3.25. The standard InChI is InChI=1S/C30H36FN3O4S/c1-19-22(15-10-16-23(19)31)27(36)33-24(17-20-11-6-4-7-12-20)25(35)29(38)34-18-39-30(2,3)26(34)28(37)32-21-13-8-5-9-14-21/h4,6-8,10-13,15-16,21,24-26,35H,5,9,14,17-18H2,1-3H3,(H,32,37)(H,33,36)/t21-,24+,25+,26-/m1/s1. The smallest absolute Gasteiger partial charge is 0.254 e. The largest absolute Gasteiger partial charge is 0.381 e. The van der Waals surface area contributed by atoms with Crippen molar-refractivity contribution in [3.05, 3.63) is 83.2 Å². The van der Waals surface area contributed by atoms with Crippen LogP contribution in [-0.4, -0.2) is 62.6 Å². The molecule has 1 aliphatic heterocycles. The number of benzene rings is 2. The number of thioether (sulfide) groups is 1. The molecule has 0 unspecified atom stereocenters. The molecule has 0 bridgehead atoms. The summed E-state index contributed by atoms with van der Waals surface area (Å²) in [5.41, 5.74) is 1.11. The number of aliphatic hydroxyl groups excluding tert-OH is 1. The van der Waals surface area contributed by atoms with Crippen LogP contribution in [0.5, 0.6) is 0 Å². The fourth-order valence-electron chi connectivity index (χ4n) is 5.16. The van der Waals surface area contributed by atoms with Crippen molar-refractivity contribution in [3.8, 4) is 0 Å². The first-order valence-electron chi connectivity index (χ1n) is 13.3. The Labute approximate surface area is 233 Å². The molecule has 7 nitrogen and oxygen atoms in total. The minimum absolute atomic E-state index is 0.0887. The molecule has 0 spiro atoms. The Morgan fingerprint density at radius 2 is 1.90 bits per heavy atom. The van der Waals surface area contributed by atoms with E-state index in [9.17, 15) is 23.9 Å². The number of hydrogen-bond donors (Lipinski definition) is 3. The first-order chi connectivity index (χ1) is 18.6. The molecule has 39 heavy (non-hydrogen) atoms. The highest BCUT2D eigenvalue weighted by atomic mass is 32.2. The SMILES string of the molecule is Cc1c(F)cccc1C(=O)N[C@@H](Cc1ccccc1)[C@H](O)C(=O)N1CSC(C)(C)[C@H]1C(=O)N[C@@H]1C=CCCC1. The highest BCUT2D eigenvalue weighted by molar-refractivity contribution is 8.00. The number of nitrogens with zero attached hydrogens (tertiary/aromatic N) is 1. The molecule has 0 aromatic heterocycles. The summed E-state index contributed by atoms with van der Waals surface area (Å²) in [7, 11) is 0. The van der Waals surface area contributed by atoms with Crippen molar-refractivity contribution < 1.29 is 23.9 Å². The third-order valence-electron chi connectivity index (χ3n) is 7.42. The number of hydrogen-bond acceptors (Lipinski definition) is 5. The Bertz CT molecular complexity index is 1240.